The molecule has 4 rings (SSSR count). The summed E-state index contributed by atoms with van der Waals surface area (Å²) in [5.41, 5.74) is 3.00. The van der Waals surface area contributed by atoms with Crippen LogP contribution in [0.3, 0.4) is 0 Å². The zero-order valence-corrected chi connectivity index (χ0v) is 16.3. The minimum absolute atomic E-state index is 0.0337. The second-order valence-electron chi connectivity index (χ2n) is 6.87. The Labute approximate surface area is 172 Å². The highest BCUT2D eigenvalue weighted by molar-refractivity contribution is 6.02. The first-order chi connectivity index (χ1) is 14.6. The average molecular weight is 407 g/mol. The van der Waals surface area contributed by atoms with E-state index in [1.165, 1.54) is 18.2 Å². The second-order valence-corrected chi connectivity index (χ2v) is 6.87. The third-order valence-corrected chi connectivity index (χ3v) is 4.96. The number of halogens is 2. The number of nitrogens with zero attached hydrogens (tertiary/aromatic N) is 3. The number of ether oxygens (including phenoxy) is 1. The van der Waals surface area contributed by atoms with Crippen LogP contribution in [0.2, 0.25) is 0 Å². The van der Waals surface area contributed by atoms with Crippen LogP contribution >= 0.6 is 0 Å². The Kier molecular flexibility index (Phi) is 5.61. The van der Waals surface area contributed by atoms with Crippen molar-refractivity contribution in [1.82, 2.24) is 10.2 Å². The Morgan fingerprint density at radius 2 is 1.77 bits per heavy atom. The van der Waals surface area contributed by atoms with Gasteiger partial charge in [0.25, 0.3) is 0 Å². The van der Waals surface area contributed by atoms with Gasteiger partial charge < -0.3 is 4.74 Å². The van der Waals surface area contributed by atoms with E-state index in [4.69, 9.17) is 4.74 Å². The number of aromatic nitrogens is 2. The van der Waals surface area contributed by atoms with E-state index in [0.717, 1.165) is 11.1 Å². The fraction of sp³-hybridized carbons (Fsp3) is 0.217. The molecule has 152 valence electrons. The fourth-order valence-electron chi connectivity index (χ4n) is 3.47. The van der Waals surface area contributed by atoms with E-state index < -0.39 is 17.6 Å². The van der Waals surface area contributed by atoms with E-state index in [1.807, 2.05) is 24.3 Å². The van der Waals surface area contributed by atoms with Gasteiger partial charge in [-0.15, -0.1) is 10.2 Å². The molecule has 3 aromatic rings. The Balaban J connectivity index is 1.52. The van der Waals surface area contributed by atoms with Crippen molar-refractivity contribution in [2.24, 2.45) is 4.99 Å². The summed E-state index contributed by atoms with van der Waals surface area (Å²) in [5, 5.41) is 8.00. The van der Waals surface area contributed by atoms with Crippen LogP contribution < -0.4 is 0 Å². The van der Waals surface area contributed by atoms with Crippen molar-refractivity contribution in [2.75, 3.05) is 6.61 Å². The summed E-state index contributed by atoms with van der Waals surface area (Å²) in [6, 6.07) is 14.6. The van der Waals surface area contributed by atoms with Crippen LogP contribution in [0.25, 0.3) is 11.3 Å². The lowest BCUT2D eigenvalue weighted by molar-refractivity contribution is 0.0518. The topological polar surface area (TPSA) is 64.4 Å². The number of hydrogen-bond donors (Lipinski definition) is 0. The molecular weight excluding hydrogens is 388 g/mol. The quantitative estimate of drug-likeness (QED) is 0.563. The summed E-state index contributed by atoms with van der Waals surface area (Å²) >= 11 is 0. The van der Waals surface area contributed by atoms with Crippen molar-refractivity contribution in [3.63, 3.8) is 0 Å². The van der Waals surface area contributed by atoms with Gasteiger partial charge in [0.05, 0.1) is 23.9 Å². The second kappa shape index (κ2) is 8.49. The van der Waals surface area contributed by atoms with Gasteiger partial charge in [0, 0.05) is 11.3 Å². The maximum Gasteiger partial charge on any atom is 0.358 e. The molecule has 7 heteroatoms. The number of aliphatic imine (C=N–C) groups is 1. The minimum atomic E-state index is -0.588. The lowest BCUT2D eigenvalue weighted by atomic mass is 10.0. The highest BCUT2D eigenvalue weighted by Crippen LogP contribution is 2.33. The summed E-state index contributed by atoms with van der Waals surface area (Å²) in [5.74, 6) is -1.68. The molecule has 0 spiro atoms. The Hall–Kier alpha value is -3.48. The molecule has 0 bridgehead atoms. The number of benzene rings is 2. The number of hydrogen-bond acceptors (Lipinski definition) is 5. The Morgan fingerprint density at radius 3 is 2.40 bits per heavy atom. The summed E-state index contributed by atoms with van der Waals surface area (Å²) in [6.45, 7) is 2.00. The molecular formula is C23H19F2N3O2. The lowest BCUT2D eigenvalue weighted by Crippen LogP contribution is -2.08. The maximum absolute atomic E-state index is 14.0. The molecule has 30 heavy (non-hydrogen) atoms. The van der Waals surface area contributed by atoms with E-state index in [9.17, 15) is 13.6 Å². The van der Waals surface area contributed by atoms with Crippen LogP contribution in [-0.2, 0) is 4.74 Å². The molecule has 1 unspecified atom stereocenters. The van der Waals surface area contributed by atoms with E-state index in [-0.39, 0.29) is 23.9 Å². The molecule has 0 saturated carbocycles. The molecule has 0 aliphatic carbocycles. The SMILES string of the molecule is CCOC(=O)c1ccc(-c2ccc(C3CCC(c4c(F)cccc4F)=N3)cc2)nn1. The first kappa shape index (κ1) is 19.8. The Morgan fingerprint density at radius 1 is 1.03 bits per heavy atom. The number of esters is 1. The largest absolute Gasteiger partial charge is 0.461 e. The molecule has 0 saturated heterocycles. The van der Waals surface area contributed by atoms with Gasteiger partial charge in [-0.05, 0) is 49.6 Å². The summed E-state index contributed by atoms with van der Waals surface area (Å²) in [4.78, 5) is 16.2. The molecule has 1 aliphatic rings. The van der Waals surface area contributed by atoms with Gasteiger partial charge in [-0.25, -0.2) is 13.6 Å². The number of carbonyl (C=O) groups excluding carboxylic acids is 1. The van der Waals surface area contributed by atoms with Crippen LogP contribution in [0.5, 0.6) is 0 Å². The highest BCUT2D eigenvalue weighted by atomic mass is 19.1. The molecule has 2 heterocycles. The van der Waals surface area contributed by atoms with Gasteiger partial charge >= 0.3 is 5.97 Å². The van der Waals surface area contributed by atoms with E-state index in [1.54, 1.807) is 19.1 Å². The summed E-state index contributed by atoms with van der Waals surface area (Å²) in [7, 11) is 0. The van der Waals surface area contributed by atoms with Gasteiger partial charge in [-0.3, -0.25) is 4.99 Å². The van der Waals surface area contributed by atoms with Crippen molar-refractivity contribution in [2.45, 2.75) is 25.8 Å². The molecule has 0 N–H and O–H groups in total. The zero-order valence-electron chi connectivity index (χ0n) is 16.3. The molecule has 2 aromatic carbocycles. The average Bonchev–Trinajstić information content (AvgIpc) is 3.24. The molecule has 5 nitrogen and oxygen atoms in total. The van der Waals surface area contributed by atoms with Gasteiger partial charge in [0.1, 0.15) is 11.6 Å². The van der Waals surface area contributed by atoms with Crippen molar-refractivity contribution in [3.05, 3.63) is 83.1 Å². The normalized spacial score (nSPS) is 15.7. The van der Waals surface area contributed by atoms with Crippen LogP contribution in [0.1, 0.15) is 47.4 Å². The number of rotatable bonds is 5. The van der Waals surface area contributed by atoms with Gasteiger partial charge in [-0.1, -0.05) is 30.3 Å². The number of carbonyl (C=O) groups is 1. The van der Waals surface area contributed by atoms with Crippen LogP contribution in [0.15, 0.2) is 59.6 Å². The standard InChI is InChI=1S/C23H19F2N3O2/c1-2-30-23(29)21-13-11-19(27-28-21)15-8-6-14(7-9-15)18-10-12-20(26-18)22-16(24)4-3-5-17(22)25/h3-9,11,13,18H,2,10,12H2,1H3. The van der Waals surface area contributed by atoms with Crippen molar-refractivity contribution in [3.8, 4) is 11.3 Å². The smallest absolute Gasteiger partial charge is 0.358 e. The molecule has 1 aliphatic heterocycles. The molecule has 0 amide bonds. The first-order valence-electron chi connectivity index (χ1n) is 9.69. The summed E-state index contributed by atoms with van der Waals surface area (Å²) < 4.78 is 33.0. The molecule has 1 aromatic heterocycles. The third kappa shape index (κ3) is 3.96. The van der Waals surface area contributed by atoms with Gasteiger partial charge in [0.15, 0.2) is 5.69 Å². The van der Waals surface area contributed by atoms with E-state index >= 15 is 0 Å². The van der Waals surface area contributed by atoms with Crippen LogP contribution in [0, 0.1) is 11.6 Å². The minimum Gasteiger partial charge on any atom is -0.461 e. The molecule has 0 radical (unpaired) electrons. The molecule has 1 atom stereocenters. The van der Waals surface area contributed by atoms with Crippen molar-refractivity contribution in [1.29, 1.82) is 0 Å². The molecule has 0 fully saturated rings. The van der Waals surface area contributed by atoms with Crippen LogP contribution in [-0.4, -0.2) is 28.5 Å². The van der Waals surface area contributed by atoms with E-state index in [2.05, 4.69) is 15.2 Å². The predicted octanol–water partition coefficient (Wildman–Crippen LogP) is 4.92. The highest BCUT2D eigenvalue weighted by Gasteiger charge is 2.24. The van der Waals surface area contributed by atoms with Crippen molar-refractivity contribution < 1.29 is 18.3 Å². The summed E-state index contributed by atoms with van der Waals surface area (Å²) in [6.07, 6.45) is 1.21. The lowest BCUT2D eigenvalue weighted by Gasteiger charge is -2.08. The van der Waals surface area contributed by atoms with Gasteiger partial charge in [0.2, 0.25) is 0 Å². The zero-order chi connectivity index (χ0) is 21.1. The first-order valence-corrected chi connectivity index (χ1v) is 9.69. The maximum atomic E-state index is 14.0. The predicted molar refractivity (Wildman–Crippen MR) is 108 cm³/mol. The van der Waals surface area contributed by atoms with E-state index in [0.29, 0.717) is 24.2 Å². The Bertz CT molecular complexity index is 1080. The van der Waals surface area contributed by atoms with Crippen LogP contribution in [0.4, 0.5) is 8.78 Å². The van der Waals surface area contributed by atoms with Gasteiger partial charge in [-0.2, -0.15) is 0 Å². The fourth-order valence-corrected chi connectivity index (χ4v) is 3.47. The van der Waals surface area contributed by atoms with Crippen molar-refractivity contribution >= 4 is 11.7 Å². The third-order valence-electron chi connectivity index (χ3n) is 4.96. The monoisotopic (exact) mass is 407 g/mol.